The Balaban J connectivity index is 1.20. The van der Waals surface area contributed by atoms with E-state index >= 15 is 0 Å². The Kier molecular flexibility index (Phi) is 4.02. The van der Waals surface area contributed by atoms with E-state index in [4.69, 9.17) is 0 Å². The summed E-state index contributed by atoms with van der Waals surface area (Å²) in [7, 11) is 0. The molecule has 1 amide bonds. The smallest absolute Gasteiger partial charge is 0.257 e. The number of nitrogens with one attached hydrogen (secondary N) is 1. The van der Waals surface area contributed by atoms with Gasteiger partial charge in [-0.3, -0.25) is 10.1 Å². The van der Waals surface area contributed by atoms with Crippen molar-refractivity contribution in [3.63, 3.8) is 0 Å². The van der Waals surface area contributed by atoms with Crippen molar-refractivity contribution in [1.29, 1.82) is 0 Å². The van der Waals surface area contributed by atoms with Crippen LogP contribution in [0.2, 0.25) is 0 Å². The minimum Gasteiger partial charge on any atom is -0.296 e. The zero-order valence-corrected chi connectivity index (χ0v) is 17.6. The van der Waals surface area contributed by atoms with E-state index in [1.54, 1.807) is 22.1 Å². The molecule has 0 radical (unpaired) electrons. The van der Waals surface area contributed by atoms with Crippen LogP contribution in [0.25, 0.3) is 5.69 Å². The fourth-order valence-electron chi connectivity index (χ4n) is 6.36. The first-order valence-electron chi connectivity index (χ1n) is 10.6. The van der Waals surface area contributed by atoms with Gasteiger partial charge in [0, 0.05) is 11.0 Å². The number of aryl methyl sites for hydroxylation is 1. The normalized spacial score (nSPS) is 29.3. The molecule has 4 bridgehead atoms. The molecule has 4 fully saturated rings. The molecule has 1 N–H and O–H groups in total. The second-order valence-corrected chi connectivity index (χ2v) is 10.3. The first-order chi connectivity index (χ1) is 14.6. The van der Waals surface area contributed by atoms with Crippen molar-refractivity contribution < 1.29 is 4.79 Å². The lowest BCUT2D eigenvalue weighted by Gasteiger charge is -2.55. The second kappa shape index (κ2) is 6.66. The van der Waals surface area contributed by atoms with E-state index in [9.17, 15) is 4.79 Å². The molecule has 4 aliphatic rings. The van der Waals surface area contributed by atoms with Crippen molar-refractivity contribution >= 4 is 22.4 Å². The number of nitrogens with zero attached hydrogens (tertiary/aromatic N) is 6. The van der Waals surface area contributed by atoms with Crippen LogP contribution < -0.4 is 5.32 Å². The molecule has 0 spiro atoms. The SMILES string of the molecule is Cc1cc(C(=O)Nc2nnc(C34CC5CC(CC(C5)C3)C4)s2)ccc1-n1cnnn1. The molecule has 0 atom stereocenters. The number of rotatable bonds is 4. The predicted octanol–water partition coefficient (Wildman–Crippen LogP) is 3.54. The quantitative estimate of drug-likeness (QED) is 0.692. The number of aromatic nitrogens is 6. The summed E-state index contributed by atoms with van der Waals surface area (Å²) < 4.78 is 1.58. The molecule has 0 aliphatic heterocycles. The summed E-state index contributed by atoms with van der Waals surface area (Å²) in [5.41, 5.74) is 2.55. The summed E-state index contributed by atoms with van der Waals surface area (Å²) in [6, 6.07) is 5.47. The van der Waals surface area contributed by atoms with E-state index in [-0.39, 0.29) is 11.3 Å². The van der Waals surface area contributed by atoms with E-state index < -0.39 is 0 Å². The standard InChI is InChI=1S/C21H23N7OS/c1-12-4-16(2-3-17(12)28-11-22-26-27-28)18(29)23-20-25-24-19(30-20)21-8-13-5-14(9-21)7-15(6-13)10-21/h2-4,11,13-15H,5-10H2,1H3,(H,23,25,29). The molecule has 154 valence electrons. The number of amides is 1. The summed E-state index contributed by atoms with van der Waals surface area (Å²) in [6.45, 7) is 1.93. The van der Waals surface area contributed by atoms with Crippen molar-refractivity contribution in [1.82, 2.24) is 30.4 Å². The molecule has 7 rings (SSSR count). The average Bonchev–Trinajstić information content (AvgIpc) is 3.39. The molecular formula is C21H23N7OS. The summed E-state index contributed by atoms with van der Waals surface area (Å²) in [6.07, 6.45) is 9.50. The largest absolute Gasteiger partial charge is 0.296 e. The zero-order chi connectivity index (χ0) is 20.3. The van der Waals surface area contributed by atoms with Gasteiger partial charge in [-0.2, -0.15) is 0 Å². The maximum atomic E-state index is 12.8. The van der Waals surface area contributed by atoms with Crippen LogP contribution in [0.5, 0.6) is 0 Å². The summed E-state index contributed by atoms with van der Waals surface area (Å²) in [4.78, 5) is 12.8. The lowest BCUT2D eigenvalue weighted by molar-refractivity contribution is -0.00555. The highest BCUT2D eigenvalue weighted by Crippen LogP contribution is 2.61. The number of tetrazole rings is 1. The lowest BCUT2D eigenvalue weighted by atomic mass is 9.50. The Morgan fingerprint density at radius 3 is 2.50 bits per heavy atom. The Bertz CT molecular complexity index is 1070. The summed E-state index contributed by atoms with van der Waals surface area (Å²) in [5, 5.41) is 24.8. The Labute approximate surface area is 178 Å². The lowest BCUT2D eigenvalue weighted by Crippen LogP contribution is -2.48. The molecule has 1 aromatic carbocycles. The number of benzene rings is 1. The number of carbonyl (C=O) groups excluding carboxylic acids is 1. The number of carbonyl (C=O) groups is 1. The van der Waals surface area contributed by atoms with Crippen LogP contribution in [0.1, 0.15) is 59.5 Å². The van der Waals surface area contributed by atoms with E-state index in [2.05, 4.69) is 31.0 Å². The van der Waals surface area contributed by atoms with Gasteiger partial charge in [0.1, 0.15) is 11.3 Å². The molecule has 2 heterocycles. The molecule has 4 saturated carbocycles. The molecule has 0 unspecified atom stereocenters. The third-order valence-electron chi connectivity index (χ3n) is 7.19. The van der Waals surface area contributed by atoms with Gasteiger partial charge in [0.25, 0.3) is 5.91 Å². The van der Waals surface area contributed by atoms with E-state index in [0.29, 0.717) is 10.7 Å². The monoisotopic (exact) mass is 421 g/mol. The van der Waals surface area contributed by atoms with Gasteiger partial charge in [-0.15, -0.1) is 15.3 Å². The molecule has 4 aliphatic carbocycles. The fraction of sp³-hybridized carbons (Fsp3) is 0.524. The van der Waals surface area contributed by atoms with Gasteiger partial charge >= 0.3 is 0 Å². The summed E-state index contributed by atoms with van der Waals surface area (Å²) >= 11 is 1.56. The Morgan fingerprint density at radius 2 is 1.87 bits per heavy atom. The first kappa shape index (κ1) is 18.1. The van der Waals surface area contributed by atoms with Gasteiger partial charge in [0.2, 0.25) is 5.13 Å². The first-order valence-corrected chi connectivity index (χ1v) is 11.4. The van der Waals surface area contributed by atoms with E-state index in [1.807, 2.05) is 19.1 Å². The third kappa shape index (κ3) is 2.94. The van der Waals surface area contributed by atoms with Crippen LogP contribution in [0.3, 0.4) is 0 Å². The molecule has 2 aromatic heterocycles. The average molecular weight is 422 g/mol. The highest BCUT2D eigenvalue weighted by molar-refractivity contribution is 7.15. The number of anilines is 1. The van der Waals surface area contributed by atoms with Crippen LogP contribution in [-0.4, -0.2) is 36.3 Å². The fourth-order valence-corrected chi connectivity index (χ4v) is 7.31. The number of hydrogen-bond acceptors (Lipinski definition) is 7. The van der Waals surface area contributed by atoms with Crippen LogP contribution in [0.15, 0.2) is 24.5 Å². The van der Waals surface area contributed by atoms with E-state index in [0.717, 1.165) is 34.0 Å². The topological polar surface area (TPSA) is 98.5 Å². The van der Waals surface area contributed by atoms with Crippen molar-refractivity contribution in [3.05, 3.63) is 40.7 Å². The van der Waals surface area contributed by atoms with Crippen molar-refractivity contribution in [2.24, 2.45) is 17.8 Å². The predicted molar refractivity (Wildman–Crippen MR) is 112 cm³/mol. The van der Waals surface area contributed by atoms with Crippen molar-refractivity contribution in [2.45, 2.75) is 50.9 Å². The van der Waals surface area contributed by atoms with Gasteiger partial charge in [0.15, 0.2) is 0 Å². The van der Waals surface area contributed by atoms with Gasteiger partial charge in [-0.05, 0) is 97.4 Å². The highest BCUT2D eigenvalue weighted by Gasteiger charge is 2.53. The maximum absolute atomic E-state index is 12.8. The van der Waals surface area contributed by atoms with Gasteiger partial charge in [-0.25, -0.2) is 4.68 Å². The maximum Gasteiger partial charge on any atom is 0.257 e. The van der Waals surface area contributed by atoms with Crippen LogP contribution >= 0.6 is 11.3 Å². The third-order valence-corrected chi connectivity index (χ3v) is 8.28. The molecule has 0 saturated heterocycles. The highest BCUT2D eigenvalue weighted by atomic mass is 32.1. The molecule has 9 heteroatoms. The zero-order valence-electron chi connectivity index (χ0n) is 16.8. The Morgan fingerprint density at radius 1 is 1.13 bits per heavy atom. The van der Waals surface area contributed by atoms with E-state index in [1.165, 1.54) is 44.9 Å². The Hall–Kier alpha value is -2.68. The van der Waals surface area contributed by atoms with Crippen LogP contribution in [-0.2, 0) is 5.41 Å². The van der Waals surface area contributed by atoms with Crippen LogP contribution in [0, 0.1) is 24.7 Å². The van der Waals surface area contributed by atoms with Gasteiger partial charge in [-0.1, -0.05) is 11.3 Å². The summed E-state index contributed by atoms with van der Waals surface area (Å²) in [5.74, 6) is 2.41. The van der Waals surface area contributed by atoms with Gasteiger partial charge < -0.3 is 0 Å². The number of hydrogen-bond donors (Lipinski definition) is 1. The van der Waals surface area contributed by atoms with Crippen LogP contribution in [0.4, 0.5) is 5.13 Å². The minimum absolute atomic E-state index is 0.172. The van der Waals surface area contributed by atoms with Crippen molar-refractivity contribution in [2.75, 3.05) is 5.32 Å². The van der Waals surface area contributed by atoms with Crippen molar-refractivity contribution in [3.8, 4) is 5.69 Å². The molecule has 8 nitrogen and oxygen atoms in total. The molecular weight excluding hydrogens is 398 g/mol. The van der Waals surface area contributed by atoms with Gasteiger partial charge in [0.05, 0.1) is 5.69 Å². The molecule has 3 aromatic rings. The minimum atomic E-state index is -0.172. The molecule has 30 heavy (non-hydrogen) atoms. The second-order valence-electron chi connectivity index (χ2n) is 9.32.